The molecule has 3 N–H and O–H groups in total. The van der Waals surface area contributed by atoms with Crippen molar-refractivity contribution in [2.75, 3.05) is 6.61 Å². The Morgan fingerprint density at radius 1 is 1.50 bits per heavy atom. The average Bonchev–Trinajstić information content (AvgIpc) is 2.37. The second kappa shape index (κ2) is 7.90. The van der Waals surface area contributed by atoms with E-state index in [2.05, 4.69) is 31.9 Å². The summed E-state index contributed by atoms with van der Waals surface area (Å²) >= 11 is 0. The third kappa shape index (κ3) is 5.34. The molecule has 3 heteroatoms. The van der Waals surface area contributed by atoms with Crippen LogP contribution in [0.5, 0.6) is 5.75 Å². The number of rotatable bonds is 8. The van der Waals surface area contributed by atoms with Gasteiger partial charge in [0.15, 0.2) is 0 Å². The van der Waals surface area contributed by atoms with Gasteiger partial charge < -0.3 is 4.74 Å². The largest absolute Gasteiger partial charge is 0.494 e. The van der Waals surface area contributed by atoms with Crippen molar-refractivity contribution in [3.05, 3.63) is 42.0 Å². The predicted molar refractivity (Wildman–Crippen MR) is 76.5 cm³/mol. The maximum absolute atomic E-state index is 5.71. The van der Waals surface area contributed by atoms with Crippen LogP contribution in [0.2, 0.25) is 0 Å². The van der Waals surface area contributed by atoms with Crippen molar-refractivity contribution in [1.82, 2.24) is 5.43 Å². The van der Waals surface area contributed by atoms with E-state index in [1.807, 2.05) is 18.2 Å². The quantitative estimate of drug-likeness (QED) is 0.422. The van der Waals surface area contributed by atoms with Gasteiger partial charge in [-0.1, -0.05) is 31.2 Å². The van der Waals surface area contributed by atoms with Crippen LogP contribution in [0.4, 0.5) is 0 Å². The fourth-order valence-corrected chi connectivity index (χ4v) is 1.76. The fourth-order valence-electron chi connectivity index (χ4n) is 1.76. The highest BCUT2D eigenvalue weighted by Gasteiger charge is 2.08. The first-order valence-electron chi connectivity index (χ1n) is 6.48. The number of hydrogen-bond acceptors (Lipinski definition) is 3. The van der Waals surface area contributed by atoms with Crippen molar-refractivity contribution in [2.24, 2.45) is 5.84 Å². The Morgan fingerprint density at radius 2 is 2.28 bits per heavy atom. The molecule has 1 aromatic carbocycles. The number of nitrogens with two attached hydrogens (primary N) is 1. The zero-order valence-electron chi connectivity index (χ0n) is 11.4. The number of nitrogens with one attached hydrogen (secondary N) is 1. The lowest BCUT2D eigenvalue weighted by molar-refractivity contribution is 0.284. The van der Waals surface area contributed by atoms with E-state index >= 15 is 0 Å². The summed E-state index contributed by atoms with van der Waals surface area (Å²) in [6.07, 6.45) is 2.78. The van der Waals surface area contributed by atoms with Crippen LogP contribution in [0, 0.1) is 6.92 Å². The van der Waals surface area contributed by atoms with Gasteiger partial charge in [0.05, 0.1) is 6.61 Å². The molecule has 1 rings (SSSR count). The zero-order chi connectivity index (χ0) is 13.4. The molecule has 0 aliphatic carbocycles. The van der Waals surface area contributed by atoms with Crippen molar-refractivity contribution in [1.29, 1.82) is 0 Å². The molecule has 0 heterocycles. The normalized spacial score (nSPS) is 12.2. The molecule has 3 nitrogen and oxygen atoms in total. The number of hydrazine groups is 1. The molecular weight excluding hydrogens is 224 g/mol. The minimum atomic E-state index is 0.238. The highest BCUT2D eigenvalue weighted by atomic mass is 16.5. The van der Waals surface area contributed by atoms with Crippen LogP contribution in [-0.4, -0.2) is 12.6 Å². The summed E-state index contributed by atoms with van der Waals surface area (Å²) in [5, 5.41) is 0. The number of ether oxygens (including phenoxy) is 1. The summed E-state index contributed by atoms with van der Waals surface area (Å²) in [6.45, 7) is 8.83. The topological polar surface area (TPSA) is 47.3 Å². The summed E-state index contributed by atoms with van der Waals surface area (Å²) in [4.78, 5) is 0. The molecule has 0 aromatic heterocycles. The van der Waals surface area contributed by atoms with Gasteiger partial charge >= 0.3 is 0 Å². The third-order valence-corrected chi connectivity index (χ3v) is 3.00. The van der Waals surface area contributed by atoms with E-state index in [1.165, 1.54) is 11.1 Å². The first-order chi connectivity index (χ1) is 8.65. The van der Waals surface area contributed by atoms with Crippen LogP contribution < -0.4 is 16.0 Å². The highest BCUT2D eigenvalue weighted by Crippen LogP contribution is 2.14. The van der Waals surface area contributed by atoms with Gasteiger partial charge in [-0.3, -0.25) is 11.3 Å². The third-order valence-electron chi connectivity index (χ3n) is 3.00. The van der Waals surface area contributed by atoms with Crippen molar-refractivity contribution < 1.29 is 4.74 Å². The van der Waals surface area contributed by atoms with Gasteiger partial charge in [0, 0.05) is 6.04 Å². The standard InChI is InChI=1S/C15H24N2O/c1-4-12(2)10-14(17-16)8-9-18-15-7-5-6-13(3)11-15/h5-7,11,14,17H,2,4,8-10,16H2,1,3H3. The summed E-state index contributed by atoms with van der Waals surface area (Å²) < 4.78 is 5.71. The minimum absolute atomic E-state index is 0.238. The summed E-state index contributed by atoms with van der Waals surface area (Å²) in [7, 11) is 0. The molecule has 1 atom stereocenters. The lowest BCUT2D eigenvalue weighted by Crippen LogP contribution is -2.36. The molecule has 0 spiro atoms. The smallest absolute Gasteiger partial charge is 0.119 e. The Kier molecular flexibility index (Phi) is 6.47. The summed E-state index contributed by atoms with van der Waals surface area (Å²) in [5.74, 6) is 6.45. The lowest BCUT2D eigenvalue weighted by Gasteiger charge is -2.17. The van der Waals surface area contributed by atoms with Gasteiger partial charge in [-0.2, -0.15) is 0 Å². The molecule has 1 aromatic rings. The Morgan fingerprint density at radius 3 is 2.89 bits per heavy atom. The van der Waals surface area contributed by atoms with Crippen molar-refractivity contribution in [2.45, 2.75) is 39.2 Å². The van der Waals surface area contributed by atoms with E-state index in [1.54, 1.807) is 0 Å². The van der Waals surface area contributed by atoms with E-state index in [0.717, 1.165) is 25.0 Å². The SMILES string of the molecule is C=C(CC)CC(CCOc1cccc(C)c1)NN. The molecule has 0 bridgehead atoms. The van der Waals surface area contributed by atoms with Crippen LogP contribution in [0.25, 0.3) is 0 Å². The van der Waals surface area contributed by atoms with Crippen LogP contribution >= 0.6 is 0 Å². The molecule has 18 heavy (non-hydrogen) atoms. The second-order valence-corrected chi connectivity index (χ2v) is 4.62. The first kappa shape index (κ1) is 14.7. The van der Waals surface area contributed by atoms with E-state index in [-0.39, 0.29) is 6.04 Å². The van der Waals surface area contributed by atoms with E-state index in [4.69, 9.17) is 10.6 Å². The zero-order valence-corrected chi connectivity index (χ0v) is 11.4. The maximum atomic E-state index is 5.71. The molecule has 0 radical (unpaired) electrons. The van der Waals surface area contributed by atoms with Gasteiger partial charge in [0.2, 0.25) is 0 Å². The Labute approximate surface area is 110 Å². The molecule has 0 aliphatic rings. The molecular formula is C15H24N2O. The molecule has 100 valence electrons. The Bertz CT molecular complexity index is 377. The highest BCUT2D eigenvalue weighted by molar-refractivity contribution is 5.27. The fraction of sp³-hybridized carbons (Fsp3) is 0.467. The van der Waals surface area contributed by atoms with E-state index < -0.39 is 0 Å². The maximum Gasteiger partial charge on any atom is 0.119 e. The predicted octanol–water partition coefficient (Wildman–Crippen LogP) is 2.95. The van der Waals surface area contributed by atoms with Gasteiger partial charge in [-0.05, 0) is 43.9 Å². The van der Waals surface area contributed by atoms with Crippen LogP contribution in [-0.2, 0) is 0 Å². The second-order valence-electron chi connectivity index (χ2n) is 4.62. The molecule has 0 amide bonds. The van der Waals surface area contributed by atoms with E-state index in [0.29, 0.717) is 6.61 Å². The summed E-state index contributed by atoms with van der Waals surface area (Å²) in [5.41, 5.74) is 5.25. The summed E-state index contributed by atoms with van der Waals surface area (Å²) in [6, 6.07) is 8.31. The van der Waals surface area contributed by atoms with Crippen molar-refractivity contribution in [3.8, 4) is 5.75 Å². The van der Waals surface area contributed by atoms with Crippen LogP contribution in [0.1, 0.15) is 31.7 Å². The monoisotopic (exact) mass is 248 g/mol. The van der Waals surface area contributed by atoms with Gasteiger partial charge in [0.1, 0.15) is 5.75 Å². The Balaban J connectivity index is 2.33. The van der Waals surface area contributed by atoms with Crippen LogP contribution in [0.15, 0.2) is 36.4 Å². The molecule has 0 saturated carbocycles. The minimum Gasteiger partial charge on any atom is -0.494 e. The van der Waals surface area contributed by atoms with E-state index in [9.17, 15) is 0 Å². The number of hydrogen-bond donors (Lipinski definition) is 2. The van der Waals surface area contributed by atoms with Crippen molar-refractivity contribution >= 4 is 0 Å². The van der Waals surface area contributed by atoms with Gasteiger partial charge in [-0.15, -0.1) is 0 Å². The average molecular weight is 248 g/mol. The van der Waals surface area contributed by atoms with Gasteiger partial charge in [-0.25, -0.2) is 0 Å². The molecule has 0 fully saturated rings. The molecule has 1 unspecified atom stereocenters. The number of benzene rings is 1. The van der Waals surface area contributed by atoms with Crippen LogP contribution in [0.3, 0.4) is 0 Å². The lowest BCUT2D eigenvalue weighted by atomic mass is 10.0. The Hall–Kier alpha value is -1.32. The first-order valence-corrected chi connectivity index (χ1v) is 6.48. The molecule has 0 aliphatic heterocycles. The number of aryl methyl sites for hydroxylation is 1. The molecule has 0 saturated heterocycles. The van der Waals surface area contributed by atoms with Gasteiger partial charge in [0.25, 0.3) is 0 Å². The van der Waals surface area contributed by atoms with Crippen molar-refractivity contribution in [3.63, 3.8) is 0 Å².